The van der Waals surface area contributed by atoms with Crippen LogP contribution in [0.4, 0.5) is 23.7 Å². The summed E-state index contributed by atoms with van der Waals surface area (Å²) in [5.41, 5.74) is 1.27. The predicted octanol–water partition coefficient (Wildman–Crippen LogP) is 4.49. The van der Waals surface area contributed by atoms with E-state index in [1.165, 1.54) is 30.2 Å². The normalized spacial score (nSPS) is 11.0. The van der Waals surface area contributed by atoms with Crippen LogP contribution in [0.15, 0.2) is 42.5 Å². The van der Waals surface area contributed by atoms with Crippen molar-refractivity contribution in [3.8, 4) is 17.2 Å². The first-order valence-corrected chi connectivity index (χ1v) is 8.78. The number of nitrogens with zero attached hydrogens (tertiary/aromatic N) is 1. The number of aryl methyl sites for hydroxylation is 1. The maximum absolute atomic E-state index is 12.4. The third-order valence-electron chi connectivity index (χ3n) is 3.93. The van der Waals surface area contributed by atoms with Crippen molar-refractivity contribution in [2.75, 3.05) is 39.2 Å². The number of carbonyl (C=O) groups excluding carboxylic acids is 1. The maximum atomic E-state index is 12.4. The topological polar surface area (TPSA) is 60.0 Å². The van der Waals surface area contributed by atoms with Crippen molar-refractivity contribution in [1.29, 1.82) is 0 Å². The highest BCUT2D eigenvalue weighted by Crippen LogP contribution is 2.31. The molecule has 0 fully saturated rings. The van der Waals surface area contributed by atoms with E-state index in [0.29, 0.717) is 6.54 Å². The molecule has 0 radical (unpaired) electrons. The molecular formula is C20H23F3N2O4. The van der Waals surface area contributed by atoms with Crippen LogP contribution in [-0.4, -0.2) is 51.0 Å². The fourth-order valence-corrected chi connectivity index (χ4v) is 2.36. The van der Waals surface area contributed by atoms with Gasteiger partial charge in [0, 0.05) is 18.8 Å². The molecule has 0 saturated carbocycles. The van der Waals surface area contributed by atoms with Crippen molar-refractivity contribution in [2.24, 2.45) is 0 Å². The van der Waals surface area contributed by atoms with Gasteiger partial charge in [0.05, 0.1) is 13.7 Å². The average molecular weight is 412 g/mol. The third kappa shape index (κ3) is 7.10. The Morgan fingerprint density at radius 2 is 1.79 bits per heavy atom. The van der Waals surface area contributed by atoms with Gasteiger partial charge in [-0.25, -0.2) is 4.79 Å². The quantitative estimate of drug-likeness (QED) is 0.694. The van der Waals surface area contributed by atoms with E-state index in [2.05, 4.69) is 5.32 Å². The molecule has 2 aromatic rings. The molecular weight excluding hydrogens is 389 g/mol. The third-order valence-corrected chi connectivity index (χ3v) is 3.93. The van der Waals surface area contributed by atoms with E-state index in [1.807, 2.05) is 31.2 Å². The first-order chi connectivity index (χ1) is 13.7. The molecule has 0 aliphatic heterocycles. The molecule has 0 spiro atoms. The molecule has 2 aromatic carbocycles. The second kappa shape index (κ2) is 9.90. The molecule has 0 bridgehead atoms. The Balaban J connectivity index is 1.92. The Bertz CT molecular complexity index is 828. The summed E-state index contributed by atoms with van der Waals surface area (Å²) >= 11 is 0. The number of urea groups is 1. The van der Waals surface area contributed by atoms with Crippen LogP contribution in [0, 0.1) is 6.92 Å². The highest BCUT2D eigenvalue weighted by atomic mass is 19.4. The minimum absolute atomic E-state index is 0.117. The molecule has 2 rings (SSSR count). The van der Waals surface area contributed by atoms with Gasteiger partial charge in [0.15, 0.2) is 18.1 Å². The van der Waals surface area contributed by atoms with Crippen LogP contribution in [-0.2, 0) is 0 Å². The largest absolute Gasteiger partial charge is 0.493 e. The first kappa shape index (κ1) is 22.2. The van der Waals surface area contributed by atoms with Gasteiger partial charge in [-0.2, -0.15) is 13.2 Å². The highest BCUT2D eigenvalue weighted by Gasteiger charge is 2.29. The number of anilines is 1. The van der Waals surface area contributed by atoms with Crippen molar-refractivity contribution in [2.45, 2.75) is 13.1 Å². The van der Waals surface area contributed by atoms with Gasteiger partial charge in [-0.05, 0) is 30.7 Å². The van der Waals surface area contributed by atoms with Gasteiger partial charge in [-0.1, -0.05) is 18.2 Å². The summed E-state index contributed by atoms with van der Waals surface area (Å²) in [6, 6.07) is 11.3. The smallest absolute Gasteiger partial charge is 0.422 e. The zero-order valence-electron chi connectivity index (χ0n) is 16.4. The van der Waals surface area contributed by atoms with Crippen LogP contribution in [0.25, 0.3) is 0 Å². The molecule has 0 unspecified atom stereocenters. The molecule has 158 valence electrons. The summed E-state index contributed by atoms with van der Waals surface area (Å²) in [5, 5.41) is 2.61. The number of likely N-dealkylation sites (N-methyl/N-ethyl adjacent to an activating group) is 1. The number of benzene rings is 2. The number of hydrogen-bond donors (Lipinski definition) is 1. The summed E-state index contributed by atoms with van der Waals surface area (Å²) < 4.78 is 52.6. The Morgan fingerprint density at radius 3 is 2.45 bits per heavy atom. The number of nitrogens with one attached hydrogen (secondary N) is 1. The second-order valence-corrected chi connectivity index (χ2v) is 6.24. The predicted molar refractivity (Wildman–Crippen MR) is 103 cm³/mol. The Hall–Kier alpha value is -3.10. The number of rotatable bonds is 8. The number of methoxy groups -OCH3 is 1. The van der Waals surface area contributed by atoms with Crippen molar-refractivity contribution in [1.82, 2.24) is 4.90 Å². The lowest BCUT2D eigenvalue weighted by atomic mass is 10.2. The van der Waals surface area contributed by atoms with Crippen LogP contribution in [0.3, 0.4) is 0 Å². The molecule has 9 heteroatoms. The van der Waals surface area contributed by atoms with Crippen LogP contribution in [0.5, 0.6) is 17.2 Å². The molecule has 0 aliphatic rings. The van der Waals surface area contributed by atoms with Gasteiger partial charge < -0.3 is 24.4 Å². The summed E-state index contributed by atoms with van der Waals surface area (Å²) in [6.07, 6.45) is -4.48. The summed E-state index contributed by atoms with van der Waals surface area (Å²) in [6.45, 7) is 1.07. The lowest BCUT2D eigenvalue weighted by Crippen LogP contribution is -2.34. The Kier molecular flexibility index (Phi) is 7.58. The lowest BCUT2D eigenvalue weighted by molar-refractivity contribution is -0.153. The zero-order chi connectivity index (χ0) is 21.4. The van der Waals surface area contributed by atoms with Gasteiger partial charge in [0.2, 0.25) is 0 Å². The molecule has 0 saturated heterocycles. The summed E-state index contributed by atoms with van der Waals surface area (Å²) in [5.74, 6) is 0.753. The molecule has 0 heterocycles. The van der Waals surface area contributed by atoms with Crippen molar-refractivity contribution >= 4 is 11.7 Å². The van der Waals surface area contributed by atoms with Crippen LogP contribution < -0.4 is 19.5 Å². The highest BCUT2D eigenvalue weighted by molar-refractivity contribution is 5.89. The molecule has 29 heavy (non-hydrogen) atoms. The molecule has 1 N–H and O–H groups in total. The molecule has 0 atom stereocenters. The number of ether oxygens (including phenoxy) is 3. The van der Waals surface area contributed by atoms with E-state index in [-0.39, 0.29) is 23.8 Å². The van der Waals surface area contributed by atoms with Gasteiger partial charge in [0.1, 0.15) is 12.4 Å². The van der Waals surface area contributed by atoms with E-state index >= 15 is 0 Å². The zero-order valence-corrected chi connectivity index (χ0v) is 16.4. The fourth-order valence-electron chi connectivity index (χ4n) is 2.36. The van der Waals surface area contributed by atoms with E-state index < -0.39 is 18.8 Å². The number of alkyl halides is 3. The monoisotopic (exact) mass is 412 g/mol. The lowest BCUT2D eigenvalue weighted by Gasteiger charge is -2.19. The molecule has 6 nitrogen and oxygen atoms in total. The molecule has 0 aromatic heterocycles. The minimum Gasteiger partial charge on any atom is -0.493 e. The van der Waals surface area contributed by atoms with Gasteiger partial charge >= 0.3 is 12.2 Å². The molecule has 0 aliphatic carbocycles. The number of halogens is 3. The number of carbonyl (C=O) groups is 1. The fraction of sp³-hybridized carbons (Fsp3) is 0.350. The van der Waals surface area contributed by atoms with Crippen molar-refractivity contribution in [3.63, 3.8) is 0 Å². The summed E-state index contributed by atoms with van der Waals surface area (Å²) in [4.78, 5) is 13.7. The van der Waals surface area contributed by atoms with E-state index in [4.69, 9.17) is 14.2 Å². The molecule has 2 amide bonds. The standard InChI is InChI=1S/C20H23F3N2O4/c1-14-6-4-5-7-16(14)28-11-10-25(2)19(26)24-15-8-9-17(27-3)18(12-15)29-13-20(21,22)23/h4-9,12H,10-11,13H2,1-3H3,(H,24,26). The number of amides is 2. The van der Waals surface area contributed by atoms with Crippen LogP contribution in [0.1, 0.15) is 5.56 Å². The van der Waals surface area contributed by atoms with Crippen LogP contribution >= 0.6 is 0 Å². The maximum Gasteiger partial charge on any atom is 0.422 e. The second-order valence-electron chi connectivity index (χ2n) is 6.24. The van der Waals surface area contributed by atoms with Crippen LogP contribution in [0.2, 0.25) is 0 Å². The van der Waals surface area contributed by atoms with Gasteiger partial charge in [0.25, 0.3) is 0 Å². The van der Waals surface area contributed by atoms with E-state index in [1.54, 1.807) is 7.05 Å². The van der Waals surface area contributed by atoms with E-state index in [0.717, 1.165) is 11.3 Å². The average Bonchev–Trinajstić information content (AvgIpc) is 2.67. The Labute approximate surface area is 167 Å². The van der Waals surface area contributed by atoms with E-state index in [9.17, 15) is 18.0 Å². The van der Waals surface area contributed by atoms with Gasteiger partial charge in [-0.15, -0.1) is 0 Å². The minimum atomic E-state index is -4.48. The number of para-hydroxylation sites is 1. The SMILES string of the molecule is COc1ccc(NC(=O)N(C)CCOc2ccccc2C)cc1OCC(F)(F)F. The first-order valence-electron chi connectivity index (χ1n) is 8.78. The summed E-state index contributed by atoms with van der Waals surface area (Å²) in [7, 11) is 2.90. The number of hydrogen-bond acceptors (Lipinski definition) is 4. The van der Waals surface area contributed by atoms with Crippen molar-refractivity contribution < 1.29 is 32.2 Å². The Morgan fingerprint density at radius 1 is 1.07 bits per heavy atom. The van der Waals surface area contributed by atoms with Crippen molar-refractivity contribution in [3.05, 3.63) is 48.0 Å². The van der Waals surface area contributed by atoms with Gasteiger partial charge in [-0.3, -0.25) is 0 Å².